The van der Waals surface area contributed by atoms with E-state index in [9.17, 15) is 9.59 Å². The van der Waals surface area contributed by atoms with Gasteiger partial charge in [-0.05, 0) is 37.9 Å². The number of hydrogen-bond acceptors (Lipinski definition) is 4. The zero-order chi connectivity index (χ0) is 18.4. The summed E-state index contributed by atoms with van der Waals surface area (Å²) in [7, 11) is 7.14. The molecule has 0 unspecified atom stereocenters. The molecule has 2 rings (SSSR count). The van der Waals surface area contributed by atoms with Crippen molar-refractivity contribution >= 4 is 11.8 Å². The summed E-state index contributed by atoms with van der Waals surface area (Å²) in [5, 5.41) is 0. The Bertz CT molecular complexity index is 601. The van der Waals surface area contributed by atoms with E-state index in [-0.39, 0.29) is 11.8 Å². The molecule has 0 N–H and O–H groups in total. The number of piperidine rings is 1. The smallest absolute Gasteiger partial charge is 0.236 e. The second-order valence-corrected chi connectivity index (χ2v) is 7.20. The molecule has 0 bridgehead atoms. The lowest BCUT2D eigenvalue weighted by molar-refractivity contribution is -0.130. The predicted octanol–water partition coefficient (Wildman–Crippen LogP) is 1.37. The van der Waals surface area contributed by atoms with Gasteiger partial charge in [-0.25, -0.2) is 0 Å². The first-order valence-electron chi connectivity index (χ1n) is 8.95. The maximum absolute atomic E-state index is 11.9. The SMILES string of the molecule is CN(C)C(=O)CCc1cccc([C@@H]2CCCN(CC(=O)N(C)C)C2)n1. The number of carbonyl (C=O) groups excluding carboxylic acids is 2. The maximum atomic E-state index is 11.9. The predicted molar refractivity (Wildman–Crippen MR) is 98.4 cm³/mol. The molecule has 1 aromatic heterocycles. The highest BCUT2D eigenvalue weighted by atomic mass is 16.2. The summed E-state index contributed by atoms with van der Waals surface area (Å²) in [6.45, 7) is 2.31. The van der Waals surface area contributed by atoms with Crippen molar-refractivity contribution in [3.05, 3.63) is 29.6 Å². The van der Waals surface area contributed by atoms with Crippen molar-refractivity contribution in [3.8, 4) is 0 Å². The first-order valence-corrected chi connectivity index (χ1v) is 8.95. The number of likely N-dealkylation sites (N-methyl/N-ethyl adjacent to an activating group) is 1. The van der Waals surface area contributed by atoms with Gasteiger partial charge in [-0.15, -0.1) is 0 Å². The monoisotopic (exact) mass is 346 g/mol. The fraction of sp³-hybridized carbons (Fsp3) is 0.632. The lowest BCUT2D eigenvalue weighted by Gasteiger charge is -2.32. The minimum absolute atomic E-state index is 0.123. The Labute approximate surface area is 150 Å². The number of likely N-dealkylation sites (tertiary alicyclic amines) is 1. The Balaban J connectivity index is 1.97. The minimum atomic E-state index is 0.123. The molecular formula is C19H30N4O2. The van der Waals surface area contributed by atoms with Crippen molar-refractivity contribution in [1.82, 2.24) is 19.7 Å². The molecule has 138 valence electrons. The van der Waals surface area contributed by atoms with Gasteiger partial charge in [-0.1, -0.05) is 6.07 Å². The second-order valence-electron chi connectivity index (χ2n) is 7.20. The molecule has 0 spiro atoms. The van der Waals surface area contributed by atoms with Crippen LogP contribution in [0.25, 0.3) is 0 Å². The Kier molecular flexibility index (Phi) is 6.93. The molecule has 1 fully saturated rings. The van der Waals surface area contributed by atoms with E-state index in [0.29, 0.717) is 25.3 Å². The summed E-state index contributed by atoms with van der Waals surface area (Å²) >= 11 is 0. The van der Waals surface area contributed by atoms with Crippen molar-refractivity contribution in [2.24, 2.45) is 0 Å². The first kappa shape index (κ1) is 19.4. The number of aryl methyl sites for hydroxylation is 1. The average Bonchev–Trinajstić information content (AvgIpc) is 2.60. The quantitative estimate of drug-likeness (QED) is 0.781. The van der Waals surface area contributed by atoms with E-state index < -0.39 is 0 Å². The lowest BCUT2D eigenvalue weighted by Crippen LogP contribution is -2.41. The zero-order valence-electron chi connectivity index (χ0n) is 15.9. The highest BCUT2D eigenvalue weighted by molar-refractivity contribution is 5.77. The van der Waals surface area contributed by atoms with Crippen LogP contribution in [0.1, 0.15) is 36.6 Å². The summed E-state index contributed by atoms with van der Waals surface area (Å²) in [5.41, 5.74) is 2.05. The van der Waals surface area contributed by atoms with Gasteiger partial charge in [0, 0.05) is 58.5 Å². The molecule has 1 aromatic rings. The third-order valence-corrected chi connectivity index (χ3v) is 4.70. The second kappa shape index (κ2) is 8.94. The summed E-state index contributed by atoms with van der Waals surface area (Å²) in [4.78, 5) is 34.0. The molecule has 0 radical (unpaired) electrons. The Morgan fingerprint density at radius 3 is 2.56 bits per heavy atom. The van der Waals surface area contributed by atoms with Crippen molar-refractivity contribution in [1.29, 1.82) is 0 Å². The van der Waals surface area contributed by atoms with Crippen molar-refractivity contribution in [3.63, 3.8) is 0 Å². The van der Waals surface area contributed by atoms with E-state index in [1.807, 2.05) is 12.1 Å². The van der Waals surface area contributed by atoms with Crippen LogP contribution in [0.4, 0.5) is 0 Å². The van der Waals surface area contributed by atoms with E-state index in [0.717, 1.165) is 37.3 Å². The number of pyridine rings is 1. The number of carbonyl (C=O) groups is 2. The van der Waals surface area contributed by atoms with Crippen LogP contribution >= 0.6 is 0 Å². The minimum Gasteiger partial charge on any atom is -0.349 e. The molecule has 1 saturated heterocycles. The van der Waals surface area contributed by atoms with E-state index in [4.69, 9.17) is 4.98 Å². The highest BCUT2D eigenvalue weighted by Crippen LogP contribution is 2.25. The summed E-state index contributed by atoms with van der Waals surface area (Å²) in [6, 6.07) is 6.09. The molecule has 1 aliphatic rings. The van der Waals surface area contributed by atoms with Crippen LogP contribution in [0, 0.1) is 0 Å². The van der Waals surface area contributed by atoms with Crippen LogP contribution in [0.3, 0.4) is 0 Å². The van der Waals surface area contributed by atoms with E-state index in [1.54, 1.807) is 38.0 Å². The highest BCUT2D eigenvalue weighted by Gasteiger charge is 2.24. The molecule has 0 saturated carbocycles. The van der Waals surface area contributed by atoms with Gasteiger partial charge in [0.05, 0.1) is 6.54 Å². The molecule has 6 heteroatoms. The summed E-state index contributed by atoms with van der Waals surface area (Å²) < 4.78 is 0. The Morgan fingerprint density at radius 2 is 1.88 bits per heavy atom. The number of aromatic nitrogens is 1. The maximum Gasteiger partial charge on any atom is 0.236 e. The van der Waals surface area contributed by atoms with Crippen LogP contribution in [0.2, 0.25) is 0 Å². The number of rotatable bonds is 6. The fourth-order valence-corrected chi connectivity index (χ4v) is 3.10. The van der Waals surface area contributed by atoms with Crippen LogP contribution in [-0.4, -0.2) is 79.3 Å². The molecule has 2 heterocycles. The molecule has 2 amide bonds. The summed E-state index contributed by atoms with van der Waals surface area (Å²) in [5.74, 6) is 0.621. The molecule has 1 atom stereocenters. The third-order valence-electron chi connectivity index (χ3n) is 4.70. The van der Waals surface area contributed by atoms with Gasteiger partial charge in [-0.3, -0.25) is 19.5 Å². The van der Waals surface area contributed by atoms with Gasteiger partial charge in [-0.2, -0.15) is 0 Å². The number of amides is 2. The molecule has 0 aromatic carbocycles. The van der Waals surface area contributed by atoms with Gasteiger partial charge in [0.15, 0.2) is 0 Å². The van der Waals surface area contributed by atoms with Crippen LogP contribution in [0.15, 0.2) is 18.2 Å². The van der Waals surface area contributed by atoms with Crippen LogP contribution in [0.5, 0.6) is 0 Å². The molecule has 6 nitrogen and oxygen atoms in total. The topological polar surface area (TPSA) is 56.8 Å². The van der Waals surface area contributed by atoms with Crippen LogP contribution in [-0.2, 0) is 16.0 Å². The Morgan fingerprint density at radius 1 is 1.16 bits per heavy atom. The summed E-state index contributed by atoms with van der Waals surface area (Å²) in [6.07, 6.45) is 3.33. The molecule has 1 aliphatic heterocycles. The third kappa shape index (κ3) is 5.81. The molecular weight excluding hydrogens is 316 g/mol. The van der Waals surface area contributed by atoms with E-state index in [1.165, 1.54) is 0 Å². The van der Waals surface area contributed by atoms with E-state index >= 15 is 0 Å². The fourth-order valence-electron chi connectivity index (χ4n) is 3.10. The normalized spacial score (nSPS) is 18.0. The number of hydrogen-bond donors (Lipinski definition) is 0. The van der Waals surface area contributed by atoms with Crippen molar-refractivity contribution in [2.45, 2.75) is 31.6 Å². The van der Waals surface area contributed by atoms with Crippen molar-refractivity contribution < 1.29 is 9.59 Å². The largest absolute Gasteiger partial charge is 0.349 e. The number of nitrogens with zero attached hydrogens (tertiary/aromatic N) is 4. The average molecular weight is 346 g/mol. The first-order chi connectivity index (χ1) is 11.9. The molecule has 25 heavy (non-hydrogen) atoms. The van der Waals surface area contributed by atoms with Gasteiger partial charge in [0.25, 0.3) is 0 Å². The van der Waals surface area contributed by atoms with E-state index in [2.05, 4.69) is 11.0 Å². The van der Waals surface area contributed by atoms with Crippen molar-refractivity contribution in [2.75, 3.05) is 47.8 Å². The van der Waals surface area contributed by atoms with Gasteiger partial charge in [0.2, 0.25) is 11.8 Å². The Hall–Kier alpha value is -1.95. The van der Waals surface area contributed by atoms with Gasteiger partial charge in [0.1, 0.15) is 0 Å². The standard InChI is InChI=1S/C19H30N4O2/c1-21(2)18(24)11-10-16-8-5-9-17(20-16)15-7-6-12-23(13-15)14-19(25)22(3)4/h5,8-9,15H,6-7,10-14H2,1-4H3/t15-/m1/s1. The van der Waals surface area contributed by atoms with Crippen LogP contribution < -0.4 is 0 Å². The van der Waals surface area contributed by atoms with Gasteiger partial charge < -0.3 is 9.80 Å². The zero-order valence-corrected chi connectivity index (χ0v) is 15.9. The molecule has 0 aliphatic carbocycles. The lowest BCUT2D eigenvalue weighted by atomic mass is 9.94. The van der Waals surface area contributed by atoms with Gasteiger partial charge >= 0.3 is 0 Å².